The highest BCUT2D eigenvalue weighted by Crippen LogP contribution is 2.35. The molecule has 2 fully saturated rings. The lowest BCUT2D eigenvalue weighted by Crippen LogP contribution is -2.50. The van der Waals surface area contributed by atoms with Crippen molar-refractivity contribution in [1.82, 2.24) is 5.43 Å². The molecular weight excluding hydrogens is 224 g/mol. The average Bonchev–Trinajstić information content (AvgIpc) is 2.37. The van der Waals surface area contributed by atoms with Crippen LogP contribution in [0.5, 0.6) is 0 Å². The van der Waals surface area contributed by atoms with E-state index in [4.69, 9.17) is 10.6 Å². The normalized spacial score (nSPS) is 25.7. The van der Waals surface area contributed by atoms with Crippen molar-refractivity contribution in [1.29, 1.82) is 0 Å². The quantitative estimate of drug-likeness (QED) is 0.542. The van der Waals surface area contributed by atoms with E-state index < -0.39 is 0 Å². The molecule has 0 spiro atoms. The van der Waals surface area contributed by atoms with Crippen LogP contribution in [0.2, 0.25) is 0 Å². The van der Waals surface area contributed by atoms with Gasteiger partial charge in [-0.05, 0) is 38.0 Å². The second kappa shape index (κ2) is 7.46. The number of ether oxygens (including phenoxy) is 1. The first-order chi connectivity index (χ1) is 8.85. The number of hydrogen-bond donors (Lipinski definition) is 2. The van der Waals surface area contributed by atoms with Crippen LogP contribution >= 0.6 is 0 Å². The van der Waals surface area contributed by atoms with Gasteiger partial charge in [-0.2, -0.15) is 0 Å². The molecule has 2 unspecified atom stereocenters. The molecule has 3 N–H and O–H groups in total. The van der Waals surface area contributed by atoms with Crippen molar-refractivity contribution in [3.05, 3.63) is 0 Å². The monoisotopic (exact) mass is 254 g/mol. The molecule has 2 saturated carbocycles. The molecule has 3 heteroatoms. The largest absolute Gasteiger partial charge is 0.377 e. The van der Waals surface area contributed by atoms with Gasteiger partial charge < -0.3 is 4.74 Å². The summed E-state index contributed by atoms with van der Waals surface area (Å²) in [5.74, 6) is 7.42. The first-order valence-corrected chi connectivity index (χ1v) is 7.92. The summed E-state index contributed by atoms with van der Waals surface area (Å²) in [6.45, 7) is 2.91. The summed E-state index contributed by atoms with van der Waals surface area (Å²) in [5, 5.41) is 0. The summed E-state index contributed by atoms with van der Waals surface area (Å²) in [4.78, 5) is 0. The van der Waals surface area contributed by atoms with Gasteiger partial charge in [-0.15, -0.1) is 0 Å². The number of hydrogen-bond acceptors (Lipinski definition) is 3. The van der Waals surface area contributed by atoms with Crippen molar-refractivity contribution in [3.8, 4) is 0 Å². The van der Waals surface area contributed by atoms with Gasteiger partial charge in [0, 0.05) is 12.6 Å². The Hall–Kier alpha value is -0.120. The minimum Gasteiger partial charge on any atom is -0.377 e. The molecule has 0 aromatic heterocycles. The van der Waals surface area contributed by atoms with Crippen LogP contribution in [0.15, 0.2) is 0 Å². The van der Waals surface area contributed by atoms with E-state index in [0.29, 0.717) is 12.1 Å². The molecule has 18 heavy (non-hydrogen) atoms. The molecule has 2 rings (SSSR count). The van der Waals surface area contributed by atoms with Gasteiger partial charge in [0.05, 0.1) is 6.10 Å². The van der Waals surface area contributed by atoms with Crippen molar-refractivity contribution < 1.29 is 4.74 Å². The standard InChI is InChI=1S/C15H30N2O/c1-2-18-15(13-9-4-3-5-10-13)14(17-16)11-12-7-6-8-12/h12-15,17H,2-11,16H2,1H3. The van der Waals surface area contributed by atoms with E-state index in [0.717, 1.165) is 18.4 Å². The van der Waals surface area contributed by atoms with Crippen LogP contribution in [-0.2, 0) is 4.74 Å². The van der Waals surface area contributed by atoms with Gasteiger partial charge >= 0.3 is 0 Å². The Labute approximate surface area is 112 Å². The van der Waals surface area contributed by atoms with E-state index in [1.54, 1.807) is 0 Å². The summed E-state index contributed by atoms with van der Waals surface area (Å²) in [7, 11) is 0. The number of rotatable bonds is 7. The van der Waals surface area contributed by atoms with Crippen molar-refractivity contribution in [2.45, 2.75) is 76.9 Å². The minimum atomic E-state index is 0.334. The fraction of sp³-hybridized carbons (Fsp3) is 1.00. The fourth-order valence-electron chi connectivity index (χ4n) is 3.62. The summed E-state index contributed by atoms with van der Waals surface area (Å²) < 4.78 is 6.06. The Morgan fingerprint density at radius 3 is 2.33 bits per heavy atom. The highest BCUT2D eigenvalue weighted by molar-refractivity contribution is 4.87. The molecule has 0 saturated heterocycles. The molecule has 2 aliphatic carbocycles. The summed E-state index contributed by atoms with van der Waals surface area (Å²) in [5.41, 5.74) is 3.06. The lowest BCUT2D eigenvalue weighted by molar-refractivity contribution is -0.0254. The molecule has 2 aliphatic rings. The maximum atomic E-state index is 6.06. The molecule has 3 nitrogen and oxygen atoms in total. The summed E-state index contributed by atoms with van der Waals surface area (Å²) >= 11 is 0. The van der Waals surface area contributed by atoms with Gasteiger partial charge in [-0.25, -0.2) is 0 Å². The molecule has 0 bridgehead atoms. The number of nitrogens with one attached hydrogen (secondary N) is 1. The smallest absolute Gasteiger partial charge is 0.0769 e. The molecule has 106 valence electrons. The van der Waals surface area contributed by atoms with E-state index in [2.05, 4.69) is 12.3 Å². The molecule has 0 aromatic carbocycles. The Kier molecular flexibility index (Phi) is 5.93. The minimum absolute atomic E-state index is 0.334. The fourth-order valence-corrected chi connectivity index (χ4v) is 3.62. The van der Waals surface area contributed by atoms with Crippen LogP contribution in [0, 0.1) is 11.8 Å². The van der Waals surface area contributed by atoms with Crippen molar-refractivity contribution in [3.63, 3.8) is 0 Å². The van der Waals surface area contributed by atoms with E-state index in [1.165, 1.54) is 57.8 Å². The van der Waals surface area contributed by atoms with Gasteiger partial charge in [-0.1, -0.05) is 38.5 Å². The second-order valence-electron chi connectivity index (χ2n) is 6.12. The third-order valence-corrected chi connectivity index (χ3v) is 4.90. The van der Waals surface area contributed by atoms with Crippen LogP contribution in [0.4, 0.5) is 0 Å². The molecule has 0 radical (unpaired) electrons. The van der Waals surface area contributed by atoms with Crippen LogP contribution < -0.4 is 11.3 Å². The van der Waals surface area contributed by atoms with Gasteiger partial charge in [0.2, 0.25) is 0 Å². The van der Waals surface area contributed by atoms with Gasteiger partial charge in [0.1, 0.15) is 0 Å². The van der Waals surface area contributed by atoms with Crippen LogP contribution in [0.1, 0.15) is 64.7 Å². The SMILES string of the molecule is CCOC(C1CCCCC1)C(CC1CCC1)NN. The van der Waals surface area contributed by atoms with Crippen LogP contribution in [-0.4, -0.2) is 18.8 Å². The molecule has 0 aliphatic heterocycles. The van der Waals surface area contributed by atoms with Gasteiger partial charge in [0.25, 0.3) is 0 Å². The first kappa shape index (κ1) is 14.3. The van der Waals surface area contributed by atoms with Gasteiger partial charge in [-0.3, -0.25) is 11.3 Å². The summed E-state index contributed by atoms with van der Waals surface area (Å²) in [6.07, 6.45) is 12.5. The molecule has 0 amide bonds. The first-order valence-electron chi connectivity index (χ1n) is 7.92. The zero-order chi connectivity index (χ0) is 12.8. The average molecular weight is 254 g/mol. The summed E-state index contributed by atoms with van der Waals surface area (Å²) in [6, 6.07) is 0.360. The third kappa shape index (κ3) is 3.69. The third-order valence-electron chi connectivity index (χ3n) is 4.90. The van der Waals surface area contributed by atoms with Gasteiger partial charge in [0.15, 0.2) is 0 Å². The van der Waals surface area contributed by atoms with Crippen molar-refractivity contribution >= 4 is 0 Å². The molecular formula is C15H30N2O. The van der Waals surface area contributed by atoms with E-state index in [9.17, 15) is 0 Å². The lowest BCUT2D eigenvalue weighted by Gasteiger charge is -2.38. The zero-order valence-corrected chi connectivity index (χ0v) is 11.9. The number of nitrogens with two attached hydrogens (primary N) is 1. The molecule has 0 heterocycles. The highest BCUT2D eigenvalue weighted by Gasteiger charge is 2.33. The van der Waals surface area contributed by atoms with E-state index in [-0.39, 0.29) is 0 Å². The van der Waals surface area contributed by atoms with Crippen LogP contribution in [0.25, 0.3) is 0 Å². The van der Waals surface area contributed by atoms with Crippen molar-refractivity contribution in [2.24, 2.45) is 17.7 Å². The highest BCUT2D eigenvalue weighted by atomic mass is 16.5. The second-order valence-corrected chi connectivity index (χ2v) is 6.12. The Bertz CT molecular complexity index is 225. The van der Waals surface area contributed by atoms with Crippen LogP contribution in [0.3, 0.4) is 0 Å². The molecule has 2 atom stereocenters. The Morgan fingerprint density at radius 1 is 1.11 bits per heavy atom. The number of hydrazine groups is 1. The predicted octanol–water partition coefficient (Wildman–Crippen LogP) is 2.99. The van der Waals surface area contributed by atoms with E-state index >= 15 is 0 Å². The zero-order valence-electron chi connectivity index (χ0n) is 11.9. The topological polar surface area (TPSA) is 47.3 Å². The Balaban J connectivity index is 1.91. The Morgan fingerprint density at radius 2 is 1.83 bits per heavy atom. The molecule has 0 aromatic rings. The predicted molar refractivity (Wildman–Crippen MR) is 75.1 cm³/mol. The lowest BCUT2D eigenvalue weighted by atomic mass is 9.76. The van der Waals surface area contributed by atoms with Crippen molar-refractivity contribution in [2.75, 3.05) is 6.61 Å². The maximum Gasteiger partial charge on any atom is 0.0769 e. The van der Waals surface area contributed by atoms with E-state index in [1.807, 2.05) is 0 Å². The maximum absolute atomic E-state index is 6.06.